The number of benzene rings is 1. The molecule has 0 aliphatic heterocycles. The van der Waals surface area contributed by atoms with Gasteiger partial charge in [-0.3, -0.25) is 9.59 Å². The minimum atomic E-state index is -1.78. The minimum Gasteiger partial charge on any atom is -0.493 e. The van der Waals surface area contributed by atoms with Crippen molar-refractivity contribution in [2.24, 2.45) is 28.6 Å². The lowest BCUT2D eigenvalue weighted by Crippen LogP contribution is -2.63. The molecule has 1 N–H and O–H groups in total. The first-order valence-electron chi connectivity index (χ1n) is 18.3. The zero-order valence-corrected chi connectivity index (χ0v) is 31.3. The van der Waals surface area contributed by atoms with Gasteiger partial charge >= 0.3 is 18.3 Å². The van der Waals surface area contributed by atoms with Gasteiger partial charge in [0.25, 0.3) is 5.09 Å². The van der Waals surface area contributed by atoms with Crippen LogP contribution in [0.2, 0.25) is 0 Å². The summed E-state index contributed by atoms with van der Waals surface area (Å²) in [4.78, 5) is 78.8. The number of unbranched alkanes of at least 4 members (excludes halogenated alkanes) is 1. The molecule has 0 spiro atoms. The summed E-state index contributed by atoms with van der Waals surface area (Å²) in [5, 5.41) is 21.1. The van der Waals surface area contributed by atoms with Crippen LogP contribution >= 0.6 is 0 Å². The van der Waals surface area contributed by atoms with Crippen molar-refractivity contribution in [1.29, 1.82) is 0 Å². The monoisotopic (exact) mass is 769 g/mol. The molecular formula is C39H47NO15. The number of carbonyl (C=O) groups is 5. The predicted octanol–water partition coefficient (Wildman–Crippen LogP) is 5.52. The fourth-order valence-corrected chi connectivity index (χ4v) is 9.16. The molecule has 2 saturated carbocycles. The number of rotatable bonds is 15. The van der Waals surface area contributed by atoms with Crippen LogP contribution in [-0.4, -0.2) is 85.3 Å². The number of aliphatic hydroxyl groups excluding tert-OH is 1. The van der Waals surface area contributed by atoms with Gasteiger partial charge in [0.05, 0.1) is 33.0 Å². The number of carbonyl (C=O) groups excluding carboxylic acids is 5. The molecule has 16 nitrogen and oxygen atoms in total. The average molecular weight is 770 g/mol. The van der Waals surface area contributed by atoms with E-state index in [4.69, 9.17) is 28.4 Å². The number of nitrogens with zero attached hydrogens (tertiary/aromatic N) is 1. The molecule has 4 aliphatic rings. The summed E-state index contributed by atoms with van der Waals surface area (Å²) in [6.45, 7) is 4.62. The summed E-state index contributed by atoms with van der Waals surface area (Å²) < 4.78 is 32.1. The Labute approximate surface area is 317 Å². The molecule has 0 aromatic heterocycles. The van der Waals surface area contributed by atoms with Crippen LogP contribution < -0.4 is 9.47 Å². The third-order valence-electron chi connectivity index (χ3n) is 11.6. The van der Waals surface area contributed by atoms with Gasteiger partial charge in [-0.2, -0.15) is 0 Å². The molecule has 2 fully saturated rings. The van der Waals surface area contributed by atoms with Crippen molar-refractivity contribution in [2.75, 3.05) is 33.5 Å². The van der Waals surface area contributed by atoms with E-state index < -0.39 is 58.3 Å². The van der Waals surface area contributed by atoms with Crippen LogP contribution in [0.25, 0.3) is 6.08 Å². The summed E-state index contributed by atoms with van der Waals surface area (Å²) in [5.41, 5.74) is -1.89. The van der Waals surface area contributed by atoms with Crippen LogP contribution in [0.3, 0.4) is 0 Å². The second-order valence-corrected chi connectivity index (χ2v) is 14.6. The van der Waals surface area contributed by atoms with E-state index in [1.54, 1.807) is 13.0 Å². The van der Waals surface area contributed by atoms with Gasteiger partial charge in [0.2, 0.25) is 5.78 Å². The van der Waals surface area contributed by atoms with Crippen molar-refractivity contribution in [2.45, 2.75) is 77.4 Å². The smallest absolute Gasteiger partial charge is 0.493 e. The molecule has 1 aromatic rings. The van der Waals surface area contributed by atoms with E-state index in [1.807, 2.05) is 19.9 Å². The number of hydrogen-bond acceptors (Lipinski definition) is 15. The highest BCUT2D eigenvalue weighted by Crippen LogP contribution is 2.67. The molecule has 7 atom stereocenters. The highest BCUT2D eigenvalue weighted by atomic mass is 16.9. The molecule has 5 rings (SSSR count). The molecular weight excluding hydrogens is 722 g/mol. The third-order valence-corrected chi connectivity index (χ3v) is 11.6. The summed E-state index contributed by atoms with van der Waals surface area (Å²) in [6.07, 6.45) is 7.33. The lowest BCUT2D eigenvalue weighted by molar-refractivity contribution is -0.757. The van der Waals surface area contributed by atoms with Crippen molar-refractivity contribution < 1.29 is 67.4 Å². The Balaban J connectivity index is 1.24. The van der Waals surface area contributed by atoms with Gasteiger partial charge in [-0.25, -0.2) is 14.4 Å². The van der Waals surface area contributed by atoms with Gasteiger partial charge in [0.1, 0.15) is 0 Å². The number of hydrogen-bond donors (Lipinski definition) is 1. The lowest BCUT2D eigenvalue weighted by atomic mass is 9.47. The van der Waals surface area contributed by atoms with Gasteiger partial charge in [-0.1, -0.05) is 37.6 Å². The zero-order valence-electron chi connectivity index (χ0n) is 31.3. The van der Waals surface area contributed by atoms with E-state index in [9.17, 15) is 39.2 Å². The molecule has 0 heterocycles. The number of aliphatic hydroxyl groups is 1. The molecule has 298 valence electrons. The first kappa shape index (κ1) is 40.9. The van der Waals surface area contributed by atoms with E-state index >= 15 is 0 Å². The molecule has 1 aromatic carbocycles. The van der Waals surface area contributed by atoms with Crippen LogP contribution in [-0.2, 0) is 38.2 Å². The Morgan fingerprint density at radius 1 is 1.05 bits per heavy atom. The third kappa shape index (κ3) is 8.53. The van der Waals surface area contributed by atoms with Gasteiger partial charge in [-0.05, 0) is 87.1 Å². The Kier molecular flexibility index (Phi) is 12.7. The highest BCUT2D eigenvalue weighted by molar-refractivity contribution is 5.94. The quantitative estimate of drug-likeness (QED) is 0.0340. The molecule has 16 heteroatoms. The van der Waals surface area contributed by atoms with Crippen molar-refractivity contribution in [1.82, 2.24) is 0 Å². The van der Waals surface area contributed by atoms with E-state index in [1.165, 1.54) is 37.5 Å². The summed E-state index contributed by atoms with van der Waals surface area (Å²) in [6, 6.07) is 4.42. The first-order chi connectivity index (χ1) is 26.2. The molecule has 0 amide bonds. The summed E-state index contributed by atoms with van der Waals surface area (Å²) in [5.74, 6) is -1.70. The first-order valence-corrected chi connectivity index (χ1v) is 18.3. The van der Waals surface area contributed by atoms with E-state index in [2.05, 4.69) is 10.9 Å². The number of ketones is 2. The number of ether oxygens (including phenoxy) is 6. The van der Waals surface area contributed by atoms with Crippen LogP contribution in [0.1, 0.15) is 71.3 Å². The second-order valence-electron chi connectivity index (χ2n) is 14.6. The van der Waals surface area contributed by atoms with Crippen molar-refractivity contribution in [3.63, 3.8) is 0 Å². The topological polar surface area (TPSA) is 213 Å². The Morgan fingerprint density at radius 2 is 1.82 bits per heavy atom. The maximum Gasteiger partial charge on any atom is 0.514 e. The van der Waals surface area contributed by atoms with Crippen molar-refractivity contribution in [3.8, 4) is 11.5 Å². The van der Waals surface area contributed by atoms with E-state index in [-0.39, 0.29) is 67.7 Å². The average Bonchev–Trinajstić information content (AvgIpc) is 3.43. The van der Waals surface area contributed by atoms with E-state index in [0.29, 0.717) is 37.7 Å². The summed E-state index contributed by atoms with van der Waals surface area (Å²) in [7, 11) is 1.34. The van der Waals surface area contributed by atoms with E-state index in [0.717, 1.165) is 5.57 Å². The predicted molar refractivity (Wildman–Crippen MR) is 191 cm³/mol. The van der Waals surface area contributed by atoms with Gasteiger partial charge in [0.15, 0.2) is 29.5 Å². The standard InChI is InChI=1S/C39H47NO15/c1-5-50-36(46)55-39(17-15-28-27-11-10-25-21-26(41)14-16-37(25,2)34(27)29(42)22-38(28,39)3)32(43)23-52-35(45)54-30-12-8-24(20-31(30)49-4)9-13-33(44)51-18-6-7-19-53-40(47)48/h8-10,12-14,16,20,27-29,34,42H,5-7,11,15,17-19,21-23H2,1-4H3/t27-,28-,29-,34+,37-,38-,39-/m0/s1. The fourth-order valence-electron chi connectivity index (χ4n) is 9.16. The second kappa shape index (κ2) is 17.0. The van der Waals surface area contributed by atoms with Gasteiger partial charge in [-0.15, -0.1) is 10.1 Å². The number of fused-ring (bicyclic) bond motifs is 5. The lowest BCUT2D eigenvalue weighted by Gasteiger charge is -2.59. The molecule has 0 bridgehead atoms. The van der Waals surface area contributed by atoms with Crippen molar-refractivity contribution in [3.05, 3.63) is 63.8 Å². The highest BCUT2D eigenvalue weighted by Gasteiger charge is 2.70. The largest absolute Gasteiger partial charge is 0.514 e. The van der Waals surface area contributed by atoms with Crippen molar-refractivity contribution >= 4 is 35.9 Å². The SMILES string of the molecule is CCOC(=O)O[C@]1(C(=O)COC(=O)Oc2ccc(C=CC(=O)OCCCCO[N+](=O)[O-])cc2OC)CC[C@H]2[C@@H]3CC=C4CC(=O)C=C[C@]4(C)[C@H]3[C@@H](O)C[C@@]21C. The maximum atomic E-state index is 14.2. The van der Waals surface area contributed by atoms with Crippen LogP contribution in [0, 0.1) is 38.7 Å². The molecule has 55 heavy (non-hydrogen) atoms. The Hall–Kier alpha value is -5.25. The number of allylic oxidation sites excluding steroid dienone is 4. The van der Waals surface area contributed by atoms with Crippen LogP contribution in [0.15, 0.2) is 48.1 Å². The molecule has 0 saturated heterocycles. The fraction of sp³-hybridized carbons (Fsp3) is 0.564. The molecule has 0 radical (unpaired) electrons. The minimum absolute atomic E-state index is 0.00243. The maximum absolute atomic E-state index is 14.2. The Bertz CT molecular complexity index is 1770. The number of esters is 1. The van der Waals surface area contributed by atoms with Gasteiger partial charge < -0.3 is 38.4 Å². The van der Waals surface area contributed by atoms with Crippen LogP contribution in [0.4, 0.5) is 9.59 Å². The summed E-state index contributed by atoms with van der Waals surface area (Å²) >= 11 is 0. The molecule has 0 unspecified atom stereocenters. The van der Waals surface area contributed by atoms with Gasteiger partial charge in [0, 0.05) is 29.2 Å². The number of Topliss-reactive ketones (excluding diaryl/α,β-unsaturated/α-hetero) is 1. The zero-order chi connectivity index (χ0) is 40.0. The number of methoxy groups -OCH3 is 1. The molecule has 4 aliphatic carbocycles. The normalized spacial score (nSPS) is 29.2. The van der Waals surface area contributed by atoms with Crippen LogP contribution in [0.5, 0.6) is 11.5 Å². The Morgan fingerprint density at radius 3 is 2.55 bits per heavy atom.